The second-order valence-electron chi connectivity index (χ2n) is 4.60. The van der Waals surface area contributed by atoms with Crippen LogP contribution in [0, 0.1) is 0 Å². The van der Waals surface area contributed by atoms with Crippen LogP contribution >= 0.6 is 23.2 Å². The zero-order valence-corrected chi connectivity index (χ0v) is 13.5. The van der Waals surface area contributed by atoms with E-state index in [-0.39, 0.29) is 27.7 Å². The predicted octanol–water partition coefficient (Wildman–Crippen LogP) is 3.46. The molecule has 0 aliphatic heterocycles. The number of ether oxygens (including phenoxy) is 1. The summed E-state index contributed by atoms with van der Waals surface area (Å²) < 4.78 is 5.05. The topological polar surface area (TPSA) is 55.6 Å². The molecule has 1 atom stereocenters. The van der Waals surface area contributed by atoms with E-state index in [2.05, 4.69) is 0 Å². The lowest BCUT2D eigenvalue weighted by Crippen LogP contribution is -2.40. The molecule has 20 heavy (non-hydrogen) atoms. The van der Waals surface area contributed by atoms with Crippen LogP contribution in [0.2, 0.25) is 10.0 Å². The smallest absolute Gasteiger partial charge is 0.254 e. The Morgan fingerprint density at radius 2 is 1.95 bits per heavy atom. The van der Waals surface area contributed by atoms with Crippen molar-refractivity contribution in [2.45, 2.75) is 26.3 Å². The SMILES string of the molecule is CCC(C)N(CCOC)C(=O)c1cc(Cl)c(N)c(Cl)c1. The van der Waals surface area contributed by atoms with Crippen molar-refractivity contribution in [2.24, 2.45) is 0 Å². The van der Waals surface area contributed by atoms with E-state index in [4.69, 9.17) is 33.7 Å². The Morgan fingerprint density at radius 3 is 2.40 bits per heavy atom. The Labute approximate surface area is 129 Å². The number of benzene rings is 1. The summed E-state index contributed by atoms with van der Waals surface area (Å²) in [4.78, 5) is 14.3. The number of rotatable bonds is 6. The number of anilines is 1. The van der Waals surface area contributed by atoms with Gasteiger partial charge in [-0.25, -0.2) is 0 Å². The van der Waals surface area contributed by atoms with Crippen molar-refractivity contribution in [1.29, 1.82) is 0 Å². The van der Waals surface area contributed by atoms with Crippen LogP contribution in [0.25, 0.3) is 0 Å². The summed E-state index contributed by atoms with van der Waals surface area (Å²) in [6.45, 7) is 5.02. The average molecular weight is 319 g/mol. The summed E-state index contributed by atoms with van der Waals surface area (Å²) >= 11 is 12.0. The molecule has 112 valence electrons. The van der Waals surface area contributed by atoms with Crippen LogP contribution in [0.5, 0.6) is 0 Å². The zero-order chi connectivity index (χ0) is 15.3. The van der Waals surface area contributed by atoms with Gasteiger partial charge in [-0.1, -0.05) is 30.1 Å². The third-order valence-electron chi connectivity index (χ3n) is 3.25. The number of nitrogen functional groups attached to an aromatic ring is 1. The molecule has 1 aromatic rings. The minimum absolute atomic E-state index is 0.104. The summed E-state index contributed by atoms with van der Waals surface area (Å²) in [5.74, 6) is -0.125. The number of hydrogen-bond acceptors (Lipinski definition) is 3. The van der Waals surface area contributed by atoms with Gasteiger partial charge in [-0.3, -0.25) is 4.79 Å². The zero-order valence-electron chi connectivity index (χ0n) is 12.0. The second kappa shape index (κ2) is 7.72. The molecule has 0 bridgehead atoms. The average Bonchev–Trinajstić information content (AvgIpc) is 2.43. The number of halogens is 2. The highest BCUT2D eigenvalue weighted by Crippen LogP contribution is 2.29. The normalized spacial score (nSPS) is 12.2. The number of nitrogens with two attached hydrogens (primary N) is 1. The van der Waals surface area contributed by atoms with Gasteiger partial charge in [0.25, 0.3) is 5.91 Å². The number of methoxy groups -OCH3 is 1. The molecule has 0 spiro atoms. The van der Waals surface area contributed by atoms with Gasteiger partial charge >= 0.3 is 0 Å². The Hall–Kier alpha value is -0.970. The van der Waals surface area contributed by atoms with E-state index in [0.717, 1.165) is 6.42 Å². The minimum Gasteiger partial charge on any atom is -0.396 e. The number of hydrogen-bond donors (Lipinski definition) is 1. The lowest BCUT2D eigenvalue weighted by molar-refractivity contribution is 0.0614. The van der Waals surface area contributed by atoms with E-state index in [1.54, 1.807) is 24.1 Å². The van der Waals surface area contributed by atoms with Crippen molar-refractivity contribution in [3.05, 3.63) is 27.7 Å². The van der Waals surface area contributed by atoms with Gasteiger partial charge in [-0.05, 0) is 25.5 Å². The largest absolute Gasteiger partial charge is 0.396 e. The molecule has 0 heterocycles. The molecule has 4 nitrogen and oxygen atoms in total. The van der Waals surface area contributed by atoms with Crippen LogP contribution < -0.4 is 5.73 Å². The Kier molecular flexibility index (Phi) is 6.59. The summed E-state index contributed by atoms with van der Waals surface area (Å²) in [5, 5.41) is 0.577. The lowest BCUT2D eigenvalue weighted by Gasteiger charge is -2.28. The van der Waals surface area contributed by atoms with Gasteiger partial charge in [0.1, 0.15) is 0 Å². The number of nitrogens with zero attached hydrogens (tertiary/aromatic N) is 1. The van der Waals surface area contributed by atoms with E-state index in [9.17, 15) is 4.79 Å². The number of carbonyl (C=O) groups is 1. The number of carbonyl (C=O) groups excluding carboxylic acids is 1. The predicted molar refractivity (Wildman–Crippen MR) is 83.5 cm³/mol. The lowest BCUT2D eigenvalue weighted by atomic mass is 10.1. The molecular weight excluding hydrogens is 299 g/mol. The molecular formula is C14H20Cl2N2O2. The highest BCUT2D eigenvalue weighted by atomic mass is 35.5. The minimum atomic E-state index is -0.125. The summed E-state index contributed by atoms with van der Waals surface area (Å²) in [7, 11) is 1.61. The quantitative estimate of drug-likeness (QED) is 0.817. The van der Waals surface area contributed by atoms with Crippen LogP contribution in [-0.4, -0.2) is 37.1 Å². The van der Waals surface area contributed by atoms with Gasteiger partial charge in [0.2, 0.25) is 0 Å². The molecule has 0 fully saturated rings. The molecule has 6 heteroatoms. The molecule has 1 aromatic carbocycles. The molecule has 0 aliphatic rings. The van der Waals surface area contributed by atoms with Gasteiger partial charge in [0.15, 0.2) is 0 Å². The number of amides is 1. The maximum atomic E-state index is 12.6. The van der Waals surface area contributed by atoms with Gasteiger partial charge in [0.05, 0.1) is 22.3 Å². The van der Waals surface area contributed by atoms with Gasteiger partial charge in [0, 0.05) is 25.3 Å². The molecule has 1 rings (SSSR count). The third-order valence-corrected chi connectivity index (χ3v) is 3.87. The van der Waals surface area contributed by atoms with Gasteiger partial charge in [-0.15, -0.1) is 0 Å². The van der Waals surface area contributed by atoms with E-state index >= 15 is 0 Å². The van der Waals surface area contributed by atoms with E-state index in [1.165, 1.54) is 0 Å². The van der Waals surface area contributed by atoms with Gasteiger partial charge < -0.3 is 15.4 Å². The van der Waals surface area contributed by atoms with Crippen LogP contribution in [0.1, 0.15) is 30.6 Å². The van der Waals surface area contributed by atoms with Crippen molar-refractivity contribution in [1.82, 2.24) is 4.90 Å². The standard InChI is InChI=1S/C14H20Cl2N2O2/c1-4-9(2)18(5-6-20-3)14(19)10-7-11(15)13(17)12(16)8-10/h7-9H,4-6,17H2,1-3H3. The van der Waals surface area contributed by atoms with Crippen LogP contribution in [0.3, 0.4) is 0 Å². The van der Waals surface area contributed by atoms with Crippen LogP contribution in [-0.2, 0) is 4.74 Å². The summed E-state index contributed by atoms with van der Waals surface area (Å²) in [6, 6.07) is 3.20. The second-order valence-corrected chi connectivity index (χ2v) is 5.42. The fourth-order valence-electron chi connectivity index (χ4n) is 1.81. The molecule has 2 N–H and O–H groups in total. The molecule has 0 radical (unpaired) electrons. The fourth-order valence-corrected chi connectivity index (χ4v) is 2.29. The summed E-state index contributed by atoms with van der Waals surface area (Å²) in [5.41, 5.74) is 6.41. The third kappa shape index (κ3) is 4.01. The molecule has 1 unspecified atom stereocenters. The highest BCUT2D eigenvalue weighted by Gasteiger charge is 2.21. The Morgan fingerprint density at radius 1 is 1.40 bits per heavy atom. The monoisotopic (exact) mass is 318 g/mol. The van der Waals surface area contributed by atoms with Crippen LogP contribution in [0.15, 0.2) is 12.1 Å². The first kappa shape index (κ1) is 17.1. The Balaban J connectivity index is 3.05. The molecule has 0 aromatic heterocycles. The molecule has 0 saturated heterocycles. The van der Waals surface area contributed by atoms with Crippen molar-refractivity contribution in [3.8, 4) is 0 Å². The molecule has 0 aliphatic carbocycles. The van der Waals surface area contributed by atoms with Crippen molar-refractivity contribution >= 4 is 34.8 Å². The van der Waals surface area contributed by atoms with Crippen molar-refractivity contribution in [2.75, 3.05) is 26.0 Å². The van der Waals surface area contributed by atoms with Gasteiger partial charge in [-0.2, -0.15) is 0 Å². The van der Waals surface area contributed by atoms with E-state index < -0.39 is 0 Å². The first-order valence-electron chi connectivity index (χ1n) is 6.46. The van der Waals surface area contributed by atoms with E-state index in [0.29, 0.717) is 18.7 Å². The summed E-state index contributed by atoms with van der Waals surface area (Å²) in [6.07, 6.45) is 0.853. The molecule has 0 saturated carbocycles. The maximum Gasteiger partial charge on any atom is 0.254 e. The first-order chi connectivity index (χ1) is 9.42. The highest BCUT2D eigenvalue weighted by molar-refractivity contribution is 6.39. The molecule has 1 amide bonds. The van der Waals surface area contributed by atoms with Crippen molar-refractivity contribution in [3.63, 3.8) is 0 Å². The van der Waals surface area contributed by atoms with E-state index in [1.807, 2.05) is 13.8 Å². The van der Waals surface area contributed by atoms with Crippen molar-refractivity contribution < 1.29 is 9.53 Å². The van der Waals surface area contributed by atoms with Crippen LogP contribution in [0.4, 0.5) is 5.69 Å². The fraction of sp³-hybridized carbons (Fsp3) is 0.500. The Bertz CT molecular complexity index is 457. The first-order valence-corrected chi connectivity index (χ1v) is 7.22. The maximum absolute atomic E-state index is 12.6.